The highest BCUT2D eigenvalue weighted by Gasteiger charge is 2.05. The molecule has 0 saturated carbocycles. The fourth-order valence-corrected chi connectivity index (χ4v) is 1.17. The van der Waals surface area contributed by atoms with Crippen LogP contribution in [-0.4, -0.2) is 23.1 Å². The van der Waals surface area contributed by atoms with Crippen LogP contribution in [0.15, 0.2) is 29.2 Å². The number of phosphoric acid groups is 1. The van der Waals surface area contributed by atoms with Crippen molar-refractivity contribution in [1.82, 2.24) is 0 Å². The van der Waals surface area contributed by atoms with Crippen molar-refractivity contribution >= 4 is 23.5 Å². The molecule has 0 saturated heterocycles. The number of sulfonamides is 1. The molecule has 8 nitrogen and oxygen atoms in total. The van der Waals surface area contributed by atoms with Gasteiger partial charge in [0.1, 0.15) is 0 Å². The molecule has 0 unspecified atom stereocenters. The Labute approximate surface area is 91.8 Å². The molecule has 1 aromatic rings. The Bertz CT molecular complexity index is 470. The summed E-state index contributed by atoms with van der Waals surface area (Å²) in [7, 11) is -8.21. The van der Waals surface area contributed by atoms with Gasteiger partial charge in [-0.15, -0.1) is 0 Å². The third-order valence-electron chi connectivity index (χ3n) is 1.21. The van der Waals surface area contributed by atoms with Crippen molar-refractivity contribution in [1.29, 1.82) is 0 Å². The molecule has 92 valence electrons. The standard InChI is InChI=1S/C6H8N2O2S.H3O4P/c7-5-1-3-6(4-2-5)11(8,9)10;1-5(2,3)4/h1-4H,7H2,(H2,8,9,10);(H3,1,2,3,4). The van der Waals surface area contributed by atoms with Crippen LogP contribution in [0.25, 0.3) is 0 Å². The van der Waals surface area contributed by atoms with Gasteiger partial charge in [0.15, 0.2) is 0 Å². The van der Waals surface area contributed by atoms with E-state index >= 15 is 0 Å². The largest absolute Gasteiger partial charge is 0.466 e. The van der Waals surface area contributed by atoms with Crippen molar-refractivity contribution in [2.75, 3.05) is 5.73 Å². The zero-order valence-electron chi connectivity index (χ0n) is 7.89. The van der Waals surface area contributed by atoms with E-state index in [-0.39, 0.29) is 4.90 Å². The number of nitrogen functional groups attached to an aromatic ring is 1. The molecular weight excluding hydrogens is 259 g/mol. The second-order valence-corrected chi connectivity index (χ2v) is 5.22. The van der Waals surface area contributed by atoms with Crippen molar-refractivity contribution in [3.63, 3.8) is 0 Å². The molecule has 10 heteroatoms. The molecule has 0 spiro atoms. The van der Waals surface area contributed by atoms with Gasteiger partial charge in [-0.1, -0.05) is 0 Å². The van der Waals surface area contributed by atoms with Crippen LogP contribution in [0.4, 0.5) is 5.69 Å². The molecule has 0 fully saturated rings. The number of primary sulfonamides is 1. The first-order valence-electron chi connectivity index (χ1n) is 3.67. The zero-order valence-corrected chi connectivity index (χ0v) is 9.60. The predicted octanol–water partition coefficient (Wildman–Crippen LogP) is -1.01. The second kappa shape index (κ2) is 5.39. The Morgan fingerprint density at radius 2 is 1.38 bits per heavy atom. The number of rotatable bonds is 1. The van der Waals surface area contributed by atoms with Gasteiger partial charge < -0.3 is 20.4 Å². The minimum atomic E-state index is -4.64. The highest BCUT2D eigenvalue weighted by Crippen LogP contribution is 2.25. The Morgan fingerprint density at radius 3 is 1.62 bits per heavy atom. The molecule has 0 bridgehead atoms. The summed E-state index contributed by atoms with van der Waals surface area (Å²) in [6.45, 7) is 0. The molecule has 16 heavy (non-hydrogen) atoms. The van der Waals surface area contributed by atoms with Crippen molar-refractivity contribution < 1.29 is 27.7 Å². The maximum absolute atomic E-state index is 10.7. The fourth-order valence-electron chi connectivity index (χ4n) is 0.658. The molecule has 0 atom stereocenters. The average molecular weight is 270 g/mol. The van der Waals surface area contributed by atoms with Crippen molar-refractivity contribution in [3.05, 3.63) is 24.3 Å². The van der Waals surface area contributed by atoms with Crippen LogP contribution in [0.5, 0.6) is 0 Å². The highest BCUT2D eigenvalue weighted by atomic mass is 32.2. The molecule has 0 aromatic heterocycles. The Morgan fingerprint density at radius 1 is 1.06 bits per heavy atom. The summed E-state index contributed by atoms with van der Waals surface area (Å²) < 4.78 is 30.2. The number of hydrogen-bond donors (Lipinski definition) is 5. The van der Waals surface area contributed by atoms with Crippen LogP contribution in [0, 0.1) is 0 Å². The van der Waals surface area contributed by atoms with Crippen molar-refractivity contribution in [2.45, 2.75) is 4.90 Å². The first kappa shape index (κ1) is 15.0. The summed E-state index contributed by atoms with van der Waals surface area (Å²) in [5, 5.41) is 4.84. The lowest BCUT2D eigenvalue weighted by atomic mass is 10.3. The third kappa shape index (κ3) is 8.36. The van der Waals surface area contributed by atoms with E-state index in [2.05, 4.69) is 0 Å². The van der Waals surface area contributed by atoms with E-state index in [0.717, 1.165) is 0 Å². The van der Waals surface area contributed by atoms with Gasteiger partial charge in [-0.3, -0.25) is 0 Å². The molecule has 0 amide bonds. The van der Waals surface area contributed by atoms with E-state index in [0.29, 0.717) is 5.69 Å². The van der Waals surface area contributed by atoms with Gasteiger partial charge in [0.05, 0.1) is 4.90 Å². The molecule has 7 N–H and O–H groups in total. The molecule has 0 radical (unpaired) electrons. The van der Waals surface area contributed by atoms with Crippen LogP contribution < -0.4 is 10.9 Å². The predicted molar refractivity (Wildman–Crippen MR) is 56.5 cm³/mol. The van der Waals surface area contributed by atoms with Crippen LogP contribution in [-0.2, 0) is 14.6 Å². The average Bonchev–Trinajstić information content (AvgIpc) is 1.99. The van der Waals surface area contributed by atoms with Gasteiger partial charge in [0, 0.05) is 5.69 Å². The van der Waals surface area contributed by atoms with Gasteiger partial charge in [-0.05, 0) is 24.3 Å². The van der Waals surface area contributed by atoms with Gasteiger partial charge >= 0.3 is 7.82 Å². The van der Waals surface area contributed by atoms with Gasteiger partial charge in [-0.25, -0.2) is 18.1 Å². The van der Waals surface area contributed by atoms with Crippen molar-refractivity contribution in [3.8, 4) is 0 Å². The number of nitrogens with two attached hydrogens (primary N) is 2. The minimum absolute atomic E-state index is 0.0756. The Kier molecular flexibility index (Phi) is 5.07. The van der Waals surface area contributed by atoms with E-state index in [9.17, 15) is 8.42 Å². The maximum atomic E-state index is 10.7. The van der Waals surface area contributed by atoms with Crippen molar-refractivity contribution in [2.24, 2.45) is 5.14 Å². The van der Waals surface area contributed by atoms with E-state index in [1.165, 1.54) is 24.3 Å². The normalized spacial score (nSPS) is 11.5. The van der Waals surface area contributed by atoms with Crippen LogP contribution >= 0.6 is 7.82 Å². The maximum Gasteiger partial charge on any atom is 0.466 e. The smallest absolute Gasteiger partial charge is 0.399 e. The third-order valence-corrected chi connectivity index (χ3v) is 2.14. The number of hydrogen-bond acceptors (Lipinski definition) is 4. The Hall–Kier alpha value is -0.960. The topological polar surface area (TPSA) is 164 Å². The summed E-state index contributed by atoms with van der Waals surface area (Å²) in [5.41, 5.74) is 5.85. The summed E-state index contributed by atoms with van der Waals surface area (Å²) >= 11 is 0. The Balaban J connectivity index is 0.000000385. The lowest BCUT2D eigenvalue weighted by molar-refractivity contribution is 0.275. The molecule has 0 aliphatic heterocycles. The molecule has 1 aromatic carbocycles. The summed E-state index contributed by atoms with van der Waals surface area (Å²) in [6.07, 6.45) is 0. The SMILES string of the molecule is Nc1ccc(S(N)(=O)=O)cc1.O=P(O)(O)O. The molecule has 1 rings (SSSR count). The van der Waals surface area contributed by atoms with E-state index < -0.39 is 17.8 Å². The lowest BCUT2D eigenvalue weighted by Crippen LogP contribution is -2.11. The summed E-state index contributed by atoms with van der Waals surface area (Å²) in [6, 6.07) is 5.70. The van der Waals surface area contributed by atoms with E-state index in [1.807, 2.05) is 0 Å². The van der Waals surface area contributed by atoms with E-state index in [1.54, 1.807) is 0 Å². The molecule has 0 aliphatic carbocycles. The fraction of sp³-hybridized carbons (Fsp3) is 0. The van der Waals surface area contributed by atoms with Crippen LogP contribution in [0.2, 0.25) is 0 Å². The van der Waals surface area contributed by atoms with Gasteiger partial charge in [0.25, 0.3) is 0 Å². The first-order valence-corrected chi connectivity index (χ1v) is 6.78. The molecule has 0 aliphatic rings. The van der Waals surface area contributed by atoms with Gasteiger partial charge in [0.2, 0.25) is 10.0 Å². The van der Waals surface area contributed by atoms with Crippen LogP contribution in [0.1, 0.15) is 0 Å². The highest BCUT2D eigenvalue weighted by molar-refractivity contribution is 7.89. The zero-order chi connectivity index (χ0) is 13.0. The molecular formula is C6H11N2O6PS. The first-order chi connectivity index (χ1) is 7.00. The van der Waals surface area contributed by atoms with E-state index in [4.69, 9.17) is 30.1 Å². The minimum Gasteiger partial charge on any atom is -0.399 e. The summed E-state index contributed by atoms with van der Waals surface area (Å²) in [5.74, 6) is 0. The monoisotopic (exact) mass is 270 g/mol. The number of anilines is 1. The summed E-state index contributed by atoms with van der Waals surface area (Å²) in [4.78, 5) is 21.6. The number of benzene rings is 1. The van der Waals surface area contributed by atoms with Crippen LogP contribution in [0.3, 0.4) is 0 Å². The molecule has 0 heterocycles. The lowest BCUT2D eigenvalue weighted by Gasteiger charge is -1.96. The van der Waals surface area contributed by atoms with Gasteiger partial charge in [-0.2, -0.15) is 0 Å². The second-order valence-electron chi connectivity index (χ2n) is 2.63. The quantitative estimate of drug-likeness (QED) is 0.322.